The molecule has 0 saturated heterocycles. The fourth-order valence-corrected chi connectivity index (χ4v) is 2.49. The first-order chi connectivity index (χ1) is 4.24. The van der Waals surface area contributed by atoms with Gasteiger partial charge >= 0.3 is 4.34 Å². The van der Waals surface area contributed by atoms with Gasteiger partial charge in [0.2, 0.25) is 3.95 Å². The maximum Gasteiger partial charge on any atom is 0.322 e. The van der Waals surface area contributed by atoms with Crippen molar-refractivity contribution in [3.05, 3.63) is 3.95 Å². The topological polar surface area (TPSA) is 19.7 Å². The first-order valence-electron chi connectivity index (χ1n) is 2.37. The summed E-state index contributed by atoms with van der Waals surface area (Å²) in [5.41, 5.74) is 0. The zero-order chi connectivity index (χ0) is 6.85. The van der Waals surface area contributed by atoms with Crippen LogP contribution >= 0.6 is 35.3 Å². The molecule has 0 aliphatic rings. The number of H-pyrrole nitrogens is 1. The molecular weight excluding hydrogens is 172 g/mol. The fraction of sp³-hybridized carbons (Fsp3) is 0.500. The molecule has 0 spiro atoms. The molecule has 0 saturated carbocycles. The van der Waals surface area contributed by atoms with Crippen LogP contribution in [0.5, 0.6) is 0 Å². The highest BCUT2D eigenvalue weighted by Gasteiger charge is 2.06. The minimum absolute atomic E-state index is 0.835. The van der Waals surface area contributed by atoms with Crippen LogP contribution in [0.1, 0.15) is 0 Å². The van der Waals surface area contributed by atoms with Gasteiger partial charge < -0.3 is 0 Å². The molecule has 0 radical (unpaired) electrons. The Kier molecular flexibility index (Phi) is 2.26. The molecule has 50 valence electrons. The Bertz CT molecular complexity index is 249. The van der Waals surface area contributed by atoms with Gasteiger partial charge in [-0.15, -0.1) is 5.10 Å². The maximum atomic E-state index is 4.92. The molecule has 1 heterocycles. The normalized spacial score (nSPS) is 10.0. The van der Waals surface area contributed by atoms with E-state index in [1.54, 1.807) is 23.1 Å². The Morgan fingerprint density at radius 1 is 1.78 bits per heavy atom. The third-order valence-corrected chi connectivity index (χ3v) is 3.33. The molecule has 1 aromatic rings. The van der Waals surface area contributed by atoms with E-state index in [0.717, 1.165) is 3.95 Å². The average molecular weight is 179 g/mol. The second kappa shape index (κ2) is 2.81. The maximum absolute atomic E-state index is 4.92. The Labute approximate surface area is 66.9 Å². The van der Waals surface area contributed by atoms with Crippen molar-refractivity contribution in [2.24, 2.45) is 7.05 Å². The standard InChI is InChI=1S/C4H6N2S3/c1-6-4(8-2)9-3(7)5-6/h1-2H3/p+1. The molecule has 1 rings (SSSR count). The SMILES string of the molecule is CSc1sc(=S)[nH][n+]1C. The number of hydrogen-bond donors (Lipinski definition) is 1. The Balaban J connectivity index is 3.16. The van der Waals surface area contributed by atoms with Crippen LogP contribution < -0.4 is 4.68 Å². The van der Waals surface area contributed by atoms with Gasteiger partial charge in [-0.2, -0.15) is 0 Å². The van der Waals surface area contributed by atoms with Crippen molar-refractivity contribution in [3.8, 4) is 0 Å². The molecule has 2 nitrogen and oxygen atoms in total. The minimum atomic E-state index is 0.835. The van der Waals surface area contributed by atoms with Crippen molar-refractivity contribution in [2.45, 2.75) is 4.34 Å². The molecule has 9 heavy (non-hydrogen) atoms. The van der Waals surface area contributed by atoms with E-state index >= 15 is 0 Å². The van der Waals surface area contributed by atoms with E-state index in [1.807, 2.05) is 18.0 Å². The molecule has 0 atom stereocenters. The number of aromatic nitrogens is 2. The van der Waals surface area contributed by atoms with Crippen LogP contribution in [0.15, 0.2) is 4.34 Å². The van der Waals surface area contributed by atoms with E-state index < -0.39 is 0 Å². The van der Waals surface area contributed by atoms with E-state index in [2.05, 4.69) is 5.10 Å². The Morgan fingerprint density at radius 3 is 2.67 bits per heavy atom. The van der Waals surface area contributed by atoms with E-state index in [-0.39, 0.29) is 0 Å². The van der Waals surface area contributed by atoms with Crippen molar-refractivity contribution in [1.29, 1.82) is 0 Å². The number of thioether (sulfide) groups is 1. The summed E-state index contributed by atoms with van der Waals surface area (Å²) in [6, 6.07) is 0. The molecule has 1 N–H and O–H groups in total. The smallest absolute Gasteiger partial charge is 0.143 e. The predicted molar refractivity (Wildman–Crippen MR) is 42.5 cm³/mol. The van der Waals surface area contributed by atoms with Crippen LogP contribution in [0.2, 0.25) is 0 Å². The van der Waals surface area contributed by atoms with Gasteiger partial charge in [-0.3, -0.25) is 0 Å². The molecule has 0 amide bonds. The van der Waals surface area contributed by atoms with Crippen LogP contribution in [0.25, 0.3) is 0 Å². The second-order valence-electron chi connectivity index (χ2n) is 1.53. The van der Waals surface area contributed by atoms with E-state index in [0.29, 0.717) is 0 Å². The number of nitrogens with one attached hydrogen (secondary N) is 1. The summed E-state index contributed by atoms with van der Waals surface area (Å²) in [5.74, 6) is 0. The van der Waals surface area contributed by atoms with Gasteiger partial charge in [0.15, 0.2) is 7.05 Å². The largest absolute Gasteiger partial charge is 0.322 e. The Hall–Kier alpha value is 0.130. The lowest BCUT2D eigenvalue weighted by Crippen LogP contribution is -2.31. The molecular formula is C4H7N2S3+. The molecule has 0 aliphatic carbocycles. The van der Waals surface area contributed by atoms with Crippen LogP contribution in [0, 0.1) is 3.95 Å². The van der Waals surface area contributed by atoms with Gasteiger partial charge in [-0.1, -0.05) is 4.68 Å². The highest BCUT2D eigenvalue weighted by atomic mass is 32.2. The lowest BCUT2D eigenvalue weighted by molar-refractivity contribution is -0.758. The van der Waals surface area contributed by atoms with Gasteiger partial charge in [-0.25, -0.2) is 0 Å². The monoisotopic (exact) mass is 179 g/mol. The summed E-state index contributed by atoms with van der Waals surface area (Å²) in [6.07, 6.45) is 2.04. The van der Waals surface area contributed by atoms with Crippen molar-refractivity contribution in [3.63, 3.8) is 0 Å². The zero-order valence-corrected chi connectivity index (χ0v) is 7.62. The summed E-state index contributed by atoms with van der Waals surface area (Å²) in [7, 11) is 1.96. The van der Waals surface area contributed by atoms with Crippen LogP contribution in [-0.4, -0.2) is 11.4 Å². The van der Waals surface area contributed by atoms with Crippen molar-refractivity contribution >= 4 is 35.3 Å². The lowest BCUT2D eigenvalue weighted by atomic mass is 11.3. The van der Waals surface area contributed by atoms with Crippen LogP contribution in [-0.2, 0) is 7.05 Å². The van der Waals surface area contributed by atoms with Crippen LogP contribution in [0.3, 0.4) is 0 Å². The molecule has 0 aromatic carbocycles. The van der Waals surface area contributed by atoms with Gasteiger partial charge in [0.1, 0.15) is 0 Å². The lowest BCUT2D eigenvalue weighted by Gasteiger charge is -1.78. The van der Waals surface area contributed by atoms with Crippen LogP contribution in [0.4, 0.5) is 0 Å². The summed E-state index contributed by atoms with van der Waals surface area (Å²) in [5, 5.41) is 2.99. The quantitative estimate of drug-likeness (QED) is 0.399. The molecule has 0 unspecified atom stereocenters. The van der Waals surface area contributed by atoms with Crippen molar-refractivity contribution in [1.82, 2.24) is 5.10 Å². The van der Waals surface area contributed by atoms with E-state index in [4.69, 9.17) is 12.2 Å². The van der Waals surface area contributed by atoms with Gasteiger partial charge in [0, 0.05) is 0 Å². The fourth-order valence-electron chi connectivity index (χ4n) is 0.532. The Morgan fingerprint density at radius 2 is 2.44 bits per heavy atom. The molecule has 5 heteroatoms. The molecule has 1 aromatic heterocycles. The van der Waals surface area contributed by atoms with E-state index in [1.165, 1.54) is 4.34 Å². The number of aromatic amines is 1. The highest BCUT2D eigenvalue weighted by Crippen LogP contribution is 2.14. The summed E-state index contributed by atoms with van der Waals surface area (Å²) in [4.78, 5) is 0. The molecule has 0 aliphatic heterocycles. The van der Waals surface area contributed by atoms with Gasteiger partial charge in [0.25, 0.3) is 0 Å². The molecule has 0 fully saturated rings. The summed E-state index contributed by atoms with van der Waals surface area (Å²) < 4.78 is 3.97. The van der Waals surface area contributed by atoms with Gasteiger partial charge in [-0.05, 0) is 41.6 Å². The predicted octanol–water partition coefficient (Wildman–Crippen LogP) is 1.35. The summed E-state index contributed by atoms with van der Waals surface area (Å²) in [6.45, 7) is 0. The number of rotatable bonds is 1. The summed E-state index contributed by atoms with van der Waals surface area (Å²) >= 11 is 8.21. The zero-order valence-electron chi connectivity index (χ0n) is 5.17. The minimum Gasteiger partial charge on any atom is -0.143 e. The van der Waals surface area contributed by atoms with Gasteiger partial charge in [0.05, 0.1) is 0 Å². The van der Waals surface area contributed by atoms with Crippen molar-refractivity contribution < 1.29 is 4.68 Å². The first-order valence-corrected chi connectivity index (χ1v) is 4.82. The third-order valence-electron chi connectivity index (χ3n) is 0.887. The average Bonchev–Trinajstić information content (AvgIpc) is 2.10. The first kappa shape index (κ1) is 7.24. The second-order valence-corrected chi connectivity index (χ2v) is 4.25. The van der Waals surface area contributed by atoms with Crippen molar-refractivity contribution in [2.75, 3.05) is 6.26 Å². The third kappa shape index (κ3) is 1.53. The molecule has 0 bridgehead atoms. The number of hydrogen-bond acceptors (Lipinski definition) is 3. The van der Waals surface area contributed by atoms with E-state index in [9.17, 15) is 0 Å². The number of nitrogens with zero attached hydrogens (tertiary/aromatic N) is 1. The number of aryl methyl sites for hydroxylation is 1. The highest BCUT2D eigenvalue weighted by molar-refractivity contribution is 8.00.